The zero-order valence-corrected chi connectivity index (χ0v) is 11.8. The second kappa shape index (κ2) is 5.59. The molecule has 0 saturated carbocycles. The number of ether oxygens (including phenoxy) is 1. The summed E-state index contributed by atoms with van der Waals surface area (Å²) in [5, 5.41) is 4.48. The van der Waals surface area contributed by atoms with Crippen LogP contribution in [0.25, 0.3) is 11.5 Å². The molecule has 0 aliphatic heterocycles. The largest absolute Gasteiger partial charge is 0.496 e. The first-order valence-electron chi connectivity index (χ1n) is 5.96. The van der Waals surface area contributed by atoms with Gasteiger partial charge in [0.15, 0.2) is 5.82 Å². The lowest BCUT2D eigenvalue weighted by Crippen LogP contribution is -2.18. The van der Waals surface area contributed by atoms with Gasteiger partial charge in [-0.15, -0.1) is 0 Å². The van der Waals surface area contributed by atoms with Crippen molar-refractivity contribution in [2.24, 2.45) is 11.7 Å². The number of aromatic nitrogens is 2. The molecule has 2 aromatic rings. The van der Waals surface area contributed by atoms with Gasteiger partial charge in [0.1, 0.15) is 5.75 Å². The van der Waals surface area contributed by atoms with E-state index in [4.69, 9.17) is 26.6 Å². The number of hydrogen-bond acceptors (Lipinski definition) is 5. The summed E-state index contributed by atoms with van der Waals surface area (Å²) >= 11 is 5.97. The van der Waals surface area contributed by atoms with E-state index in [1.54, 1.807) is 25.3 Å². The number of benzene rings is 1. The van der Waals surface area contributed by atoms with Gasteiger partial charge in [0.2, 0.25) is 0 Å². The Hall–Kier alpha value is -1.59. The summed E-state index contributed by atoms with van der Waals surface area (Å²) in [6, 6.07) is 4.95. The zero-order chi connectivity index (χ0) is 14.0. The molecule has 0 saturated heterocycles. The first-order chi connectivity index (χ1) is 9.02. The van der Waals surface area contributed by atoms with Crippen molar-refractivity contribution in [3.63, 3.8) is 0 Å². The van der Waals surface area contributed by atoms with Crippen LogP contribution in [0.2, 0.25) is 5.02 Å². The molecule has 0 bridgehead atoms. The van der Waals surface area contributed by atoms with Crippen LogP contribution in [-0.4, -0.2) is 17.3 Å². The van der Waals surface area contributed by atoms with E-state index < -0.39 is 0 Å². The standard InChI is InChI=1S/C13H16ClN3O2/c1-7(2)11(15)12-16-13(19-17-12)9-6-8(14)4-5-10(9)18-3/h4-7,11H,15H2,1-3H3. The quantitative estimate of drug-likeness (QED) is 0.932. The van der Waals surface area contributed by atoms with E-state index in [2.05, 4.69) is 10.1 Å². The van der Waals surface area contributed by atoms with Gasteiger partial charge in [-0.25, -0.2) is 0 Å². The molecule has 0 spiro atoms. The summed E-state index contributed by atoms with van der Waals surface area (Å²) in [7, 11) is 1.57. The minimum Gasteiger partial charge on any atom is -0.496 e. The van der Waals surface area contributed by atoms with Gasteiger partial charge in [-0.05, 0) is 24.1 Å². The molecule has 0 aliphatic carbocycles. The van der Waals surface area contributed by atoms with Gasteiger partial charge in [-0.2, -0.15) is 4.98 Å². The lowest BCUT2D eigenvalue weighted by Gasteiger charge is -2.09. The number of hydrogen-bond donors (Lipinski definition) is 1. The Kier molecular flexibility index (Phi) is 4.07. The first kappa shape index (κ1) is 13.8. The van der Waals surface area contributed by atoms with Crippen LogP contribution in [-0.2, 0) is 0 Å². The molecule has 102 valence electrons. The highest BCUT2D eigenvalue weighted by Crippen LogP contribution is 2.32. The van der Waals surface area contributed by atoms with E-state index in [-0.39, 0.29) is 12.0 Å². The van der Waals surface area contributed by atoms with Crippen LogP contribution in [0.4, 0.5) is 0 Å². The summed E-state index contributed by atoms with van der Waals surface area (Å²) in [6.07, 6.45) is 0. The van der Waals surface area contributed by atoms with Crippen LogP contribution >= 0.6 is 11.6 Å². The van der Waals surface area contributed by atoms with Crippen LogP contribution in [0.1, 0.15) is 25.7 Å². The van der Waals surface area contributed by atoms with Gasteiger partial charge in [0.25, 0.3) is 5.89 Å². The average Bonchev–Trinajstić information content (AvgIpc) is 2.87. The molecule has 5 nitrogen and oxygen atoms in total. The van der Waals surface area contributed by atoms with E-state index >= 15 is 0 Å². The Morgan fingerprint density at radius 3 is 2.74 bits per heavy atom. The molecule has 2 N–H and O–H groups in total. The van der Waals surface area contributed by atoms with Gasteiger partial charge >= 0.3 is 0 Å². The third-order valence-corrected chi connectivity index (χ3v) is 3.09. The lowest BCUT2D eigenvalue weighted by molar-refractivity contribution is 0.392. The maximum absolute atomic E-state index is 5.99. The van der Waals surface area contributed by atoms with E-state index in [0.717, 1.165) is 0 Å². The molecule has 0 fully saturated rings. The molecule has 1 heterocycles. The molecule has 1 atom stereocenters. The lowest BCUT2D eigenvalue weighted by atomic mass is 10.1. The molecular formula is C13H16ClN3O2. The van der Waals surface area contributed by atoms with Gasteiger partial charge in [0, 0.05) is 5.02 Å². The highest BCUT2D eigenvalue weighted by Gasteiger charge is 2.20. The fourth-order valence-electron chi connectivity index (χ4n) is 1.63. The fraction of sp³-hybridized carbons (Fsp3) is 0.385. The Balaban J connectivity index is 2.40. The van der Waals surface area contributed by atoms with Crippen LogP contribution in [0.3, 0.4) is 0 Å². The molecule has 6 heteroatoms. The van der Waals surface area contributed by atoms with Crippen molar-refractivity contribution >= 4 is 11.6 Å². The van der Waals surface area contributed by atoms with Crippen molar-refractivity contribution < 1.29 is 9.26 Å². The van der Waals surface area contributed by atoms with Crippen LogP contribution in [0.5, 0.6) is 5.75 Å². The van der Waals surface area contributed by atoms with E-state index in [0.29, 0.717) is 28.1 Å². The maximum Gasteiger partial charge on any atom is 0.261 e. The predicted octanol–water partition coefficient (Wildman–Crippen LogP) is 3.05. The van der Waals surface area contributed by atoms with Crippen molar-refractivity contribution in [3.05, 3.63) is 29.0 Å². The van der Waals surface area contributed by atoms with Crippen molar-refractivity contribution in [3.8, 4) is 17.2 Å². The smallest absolute Gasteiger partial charge is 0.261 e. The minimum atomic E-state index is -0.261. The maximum atomic E-state index is 5.99. The second-order valence-corrected chi connectivity index (χ2v) is 5.01. The fourth-order valence-corrected chi connectivity index (χ4v) is 1.80. The van der Waals surface area contributed by atoms with Crippen molar-refractivity contribution in [2.75, 3.05) is 7.11 Å². The van der Waals surface area contributed by atoms with Gasteiger partial charge < -0.3 is 15.0 Å². The topological polar surface area (TPSA) is 74.2 Å². The second-order valence-electron chi connectivity index (χ2n) is 4.57. The van der Waals surface area contributed by atoms with Crippen LogP contribution in [0, 0.1) is 5.92 Å². The van der Waals surface area contributed by atoms with Crippen molar-refractivity contribution in [1.29, 1.82) is 0 Å². The summed E-state index contributed by atoms with van der Waals surface area (Å²) in [6.45, 7) is 4.00. The minimum absolute atomic E-state index is 0.228. The molecule has 0 aliphatic rings. The third-order valence-electron chi connectivity index (χ3n) is 2.85. The summed E-state index contributed by atoms with van der Waals surface area (Å²) in [5.41, 5.74) is 6.64. The SMILES string of the molecule is COc1ccc(Cl)cc1-c1nc(C(N)C(C)C)no1. The predicted molar refractivity (Wildman–Crippen MR) is 73.1 cm³/mol. The summed E-state index contributed by atoms with van der Waals surface area (Å²) < 4.78 is 10.5. The third kappa shape index (κ3) is 2.88. The highest BCUT2D eigenvalue weighted by molar-refractivity contribution is 6.30. The number of nitrogens with two attached hydrogens (primary N) is 1. The number of nitrogens with zero attached hydrogens (tertiary/aromatic N) is 2. The molecular weight excluding hydrogens is 266 g/mol. The van der Waals surface area contributed by atoms with E-state index in [9.17, 15) is 0 Å². The Morgan fingerprint density at radius 2 is 2.11 bits per heavy atom. The van der Waals surface area contributed by atoms with E-state index in [1.807, 2.05) is 13.8 Å². The highest BCUT2D eigenvalue weighted by atomic mass is 35.5. The average molecular weight is 282 g/mol. The Morgan fingerprint density at radius 1 is 1.37 bits per heavy atom. The van der Waals surface area contributed by atoms with E-state index in [1.165, 1.54) is 0 Å². The molecule has 19 heavy (non-hydrogen) atoms. The number of methoxy groups -OCH3 is 1. The summed E-state index contributed by atoms with van der Waals surface area (Å²) in [4.78, 5) is 4.31. The Labute approximate surface area is 116 Å². The zero-order valence-electron chi connectivity index (χ0n) is 11.1. The van der Waals surface area contributed by atoms with Gasteiger partial charge in [0.05, 0.1) is 18.7 Å². The van der Waals surface area contributed by atoms with Gasteiger partial charge in [-0.3, -0.25) is 0 Å². The molecule has 1 unspecified atom stereocenters. The van der Waals surface area contributed by atoms with Crippen LogP contribution in [0.15, 0.2) is 22.7 Å². The van der Waals surface area contributed by atoms with Gasteiger partial charge in [-0.1, -0.05) is 30.6 Å². The molecule has 0 radical (unpaired) electrons. The van der Waals surface area contributed by atoms with Crippen LogP contribution < -0.4 is 10.5 Å². The summed E-state index contributed by atoms with van der Waals surface area (Å²) in [5.74, 6) is 1.68. The molecule has 0 amide bonds. The normalized spacial score (nSPS) is 12.7. The molecule has 1 aromatic carbocycles. The number of rotatable bonds is 4. The molecule has 2 rings (SSSR count). The van der Waals surface area contributed by atoms with Crippen molar-refractivity contribution in [1.82, 2.24) is 10.1 Å². The molecule has 1 aromatic heterocycles. The first-order valence-corrected chi connectivity index (χ1v) is 6.33. The number of halogens is 1. The monoisotopic (exact) mass is 281 g/mol. The van der Waals surface area contributed by atoms with Crippen molar-refractivity contribution in [2.45, 2.75) is 19.9 Å². The Bertz CT molecular complexity index is 569.